The van der Waals surface area contributed by atoms with E-state index in [4.69, 9.17) is 4.74 Å². The Bertz CT molecular complexity index is 1600. The van der Waals surface area contributed by atoms with E-state index in [0.717, 1.165) is 33.2 Å². The Morgan fingerprint density at radius 3 is 2.53 bits per heavy atom. The predicted molar refractivity (Wildman–Crippen MR) is 147 cm³/mol. The first-order chi connectivity index (χ1) is 18.4. The van der Waals surface area contributed by atoms with E-state index in [0.29, 0.717) is 17.1 Å². The molecule has 0 saturated carbocycles. The Morgan fingerprint density at radius 2 is 1.79 bits per heavy atom. The number of aryl methyl sites for hydroxylation is 1. The summed E-state index contributed by atoms with van der Waals surface area (Å²) >= 11 is 3.53. The molecule has 0 unspecified atom stereocenters. The molecule has 1 N–H and O–H groups in total. The number of hydrogen-bond donors (Lipinski definition) is 1. The fourth-order valence-corrected chi connectivity index (χ4v) is 4.46. The quantitative estimate of drug-likeness (QED) is 0.217. The normalized spacial score (nSPS) is 10.8. The van der Waals surface area contributed by atoms with Crippen LogP contribution in [-0.4, -0.2) is 15.5 Å². The van der Waals surface area contributed by atoms with Crippen LogP contribution in [0, 0.1) is 18.6 Å². The lowest BCUT2D eigenvalue weighted by Gasteiger charge is -2.17. The highest BCUT2D eigenvalue weighted by molar-refractivity contribution is 9.10. The van der Waals surface area contributed by atoms with Gasteiger partial charge < -0.3 is 14.6 Å². The average Bonchev–Trinajstić information content (AvgIpc) is 3.30. The van der Waals surface area contributed by atoms with Gasteiger partial charge in [0.05, 0.1) is 5.69 Å². The number of nitrogens with zero attached hydrogens (tertiary/aromatic N) is 2. The Hall–Kier alpha value is -4.30. The van der Waals surface area contributed by atoms with Crippen LogP contribution in [0.2, 0.25) is 0 Å². The molecule has 0 fully saturated rings. The largest absolute Gasteiger partial charge is 0.488 e. The Balaban J connectivity index is 1.43. The maximum atomic E-state index is 14.2. The van der Waals surface area contributed by atoms with Crippen molar-refractivity contribution >= 4 is 27.7 Å². The molecular formula is C30H22BrF2N3O2. The van der Waals surface area contributed by atoms with Gasteiger partial charge >= 0.3 is 0 Å². The lowest BCUT2D eigenvalue weighted by atomic mass is 10.1. The Kier molecular flexibility index (Phi) is 7.33. The van der Waals surface area contributed by atoms with Gasteiger partial charge in [0.15, 0.2) is 0 Å². The summed E-state index contributed by atoms with van der Waals surface area (Å²) in [7, 11) is 0. The molecule has 5 nitrogen and oxygen atoms in total. The number of pyridine rings is 1. The van der Waals surface area contributed by atoms with Crippen molar-refractivity contribution in [1.82, 2.24) is 9.55 Å². The summed E-state index contributed by atoms with van der Waals surface area (Å²) in [6.45, 7) is 1.93. The molecule has 0 aliphatic rings. The van der Waals surface area contributed by atoms with Gasteiger partial charge in [0.25, 0.3) is 5.91 Å². The van der Waals surface area contributed by atoms with Gasteiger partial charge in [0.2, 0.25) is 0 Å². The molecule has 5 rings (SSSR count). The van der Waals surface area contributed by atoms with Crippen LogP contribution in [0.5, 0.6) is 5.75 Å². The molecule has 0 bridgehead atoms. The molecule has 2 heterocycles. The smallest absolute Gasteiger partial charge is 0.256 e. The minimum absolute atomic E-state index is 0.0550. The number of hydrogen-bond acceptors (Lipinski definition) is 3. The number of benzene rings is 3. The van der Waals surface area contributed by atoms with Crippen molar-refractivity contribution in [2.24, 2.45) is 0 Å². The summed E-state index contributed by atoms with van der Waals surface area (Å²) in [5.41, 5.74) is 4.22. The summed E-state index contributed by atoms with van der Waals surface area (Å²) < 4.78 is 36.4. The van der Waals surface area contributed by atoms with Gasteiger partial charge in [-0.25, -0.2) is 13.8 Å². The highest BCUT2D eigenvalue weighted by Gasteiger charge is 2.16. The second-order valence-corrected chi connectivity index (χ2v) is 9.49. The predicted octanol–water partition coefficient (Wildman–Crippen LogP) is 7.72. The van der Waals surface area contributed by atoms with Crippen molar-refractivity contribution in [1.29, 1.82) is 0 Å². The molecule has 2 aromatic heterocycles. The van der Waals surface area contributed by atoms with Crippen LogP contribution in [0.3, 0.4) is 0 Å². The van der Waals surface area contributed by atoms with E-state index >= 15 is 0 Å². The second kappa shape index (κ2) is 11.0. The molecule has 0 spiro atoms. The van der Waals surface area contributed by atoms with E-state index in [-0.39, 0.29) is 18.1 Å². The molecule has 3 aromatic carbocycles. The number of aromatic nitrogens is 2. The van der Waals surface area contributed by atoms with Crippen molar-refractivity contribution in [3.63, 3.8) is 0 Å². The van der Waals surface area contributed by atoms with E-state index in [2.05, 4.69) is 26.2 Å². The number of carbonyl (C=O) groups is 1. The molecule has 1 amide bonds. The molecule has 38 heavy (non-hydrogen) atoms. The lowest BCUT2D eigenvalue weighted by molar-refractivity contribution is 0.102. The summed E-state index contributed by atoms with van der Waals surface area (Å²) in [6.07, 6.45) is 1.62. The summed E-state index contributed by atoms with van der Waals surface area (Å²) in [5, 5.41) is 2.78. The number of carbonyl (C=O) groups excluding carboxylic acids is 1. The minimum atomic E-state index is -0.657. The molecule has 0 aliphatic heterocycles. The third-order valence-corrected chi connectivity index (χ3v) is 6.48. The maximum Gasteiger partial charge on any atom is 0.256 e. The van der Waals surface area contributed by atoms with Crippen molar-refractivity contribution in [3.8, 4) is 22.7 Å². The Labute approximate surface area is 226 Å². The minimum Gasteiger partial charge on any atom is -0.488 e. The molecule has 5 aromatic rings. The molecule has 0 radical (unpaired) electrons. The van der Waals surface area contributed by atoms with E-state index in [9.17, 15) is 13.6 Å². The number of nitrogens with one attached hydrogen (secondary N) is 1. The van der Waals surface area contributed by atoms with E-state index < -0.39 is 11.6 Å². The van der Waals surface area contributed by atoms with Gasteiger partial charge in [-0.3, -0.25) is 4.79 Å². The van der Waals surface area contributed by atoms with Crippen LogP contribution in [-0.2, 0) is 6.61 Å². The Morgan fingerprint density at radius 1 is 0.974 bits per heavy atom. The topological polar surface area (TPSA) is 56.1 Å². The molecule has 190 valence electrons. The maximum absolute atomic E-state index is 14.2. The van der Waals surface area contributed by atoms with E-state index in [1.807, 2.05) is 47.9 Å². The van der Waals surface area contributed by atoms with Crippen LogP contribution in [0.4, 0.5) is 14.6 Å². The summed E-state index contributed by atoms with van der Waals surface area (Å²) in [4.78, 5) is 16.8. The average molecular weight is 574 g/mol. The standard InChI is InChI=1S/C30H22BrF2N3O2/c1-19-5-13-27(25-16-22(31)9-14-28(25)38-18-21-6-10-23(32)17-26(21)33)36(19)24-11-7-20(8-12-24)30(37)35-29-4-2-3-15-34-29/h2-17H,18H2,1H3,(H,34,35,37). The van der Waals surface area contributed by atoms with Crippen molar-refractivity contribution < 1.29 is 18.3 Å². The first-order valence-corrected chi connectivity index (χ1v) is 12.6. The number of ether oxygens (including phenoxy) is 1. The van der Waals surface area contributed by atoms with Gasteiger partial charge in [-0.05, 0) is 85.8 Å². The molecule has 0 aliphatic carbocycles. The van der Waals surface area contributed by atoms with Crippen LogP contribution >= 0.6 is 15.9 Å². The fraction of sp³-hybridized carbons (Fsp3) is 0.0667. The van der Waals surface area contributed by atoms with Crippen LogP contribution in [0.15, 0.2) is 102 Å². The molecular weight excluding hydrogens is 552 g/mol. The number of halogens is 3. The summed E-state index contributed by atoms with van der Waals surface area (Å²) in [6, 6.07) is 25.5. The molecule has 0 atom stereocenters. The number of amides is 1. The lowest BCUT2D eigenvalue weighted by Crippen LogP contribution is -2.12. The zero-order valence-corrected chi connectivity index (χ0v) is 21.9. The highest BCUT2D eigenvalue weighted by atomic mass is 79.9. The zero-order chi connectivity index (χ0) is 26.6. The van der Waals surface area contributed by atoms with Gasteiger partial charge in [0.1, 0.15) is 29.8 Å². The SMILES string of the molecule is Cc1ccc(-c2cc(Br)ccc2OCc2ccc(F)cc2F)n1-c1ccc(C(=O)Nc2ccccn2)cc1. The third kappa shape index (κ3) is 5.50. The first kappa shape index (κ1) is 25.4. The van der Waals surface area contributed by atoms with Crippen LogP contribution in [0.1, 0.15) is 21.6 Å². The first-order valence-electron chi connectivity index (χ1n) is 11.8. The highest BCUT2D eigenvalue weighted by Crippen LogP contribution is 2.36. The van der Waals surface area contributed by atoms with Crippen LogP contribution < -0.4 is 10.1 Å². The van der Waals surface area contributed by atoms with Crippen LogP contribution in [0.25, 0.3) is 16.9 Å². The second-order valence-electron chi connectivity index (χ2n) is 8.58. The monoisotopic (exact) mass is 573 g/mol. The molecule has 0 saturated heterocycles. The summed E-state index contributed by atoms with van der Waals surface area (Å²) in [5.74, 6) is -0.523. The van der Waals surface area contributed by atoms with Gasteiger partial charge in [-0.2, -0.15) is 0 Å². The van der Waals surface area contributed by atoms with Crippen molar-refractivity contribution in [2.75, 3.05) is 5.32 Å². The van der Waals surface area contributed by atoms with Crippen molar-refractivity contribution in [3.05, 3.63) is 130 Å². The number of anilines is 1. The number of rotatable bonds is 7. The van der Waals surface area contributed by atoms with Gasteiger partial charge in [-0.1, -0.05) is 22.0 Å². The van der Waals surface area contributed by atoms with Gasteiger partial charge in [0, 0.05) is 44.8 Å². The van der Waals surface area contributed by atoms with E-state index in [1.165, 1.54) is 12.1 Å². The van der Waals surface area contributed by atoms with E-state index in [1.54, 1.807) is 42.6 Å². The molecule has 8 heteroatoms. The van der Waals surface area contributed by atoms with Crippen molar-refractivity contribution in [2.45, 2.75) is 13.5 Å². The zero-order valence-electron chi connectivity index (χ0n) is 20.3. The fourth-order valence-electron chi connectivity index (χ4n) is 4.10. The third-order valence-electron chi connectivity index (χ3n) is 5.99. The van der Waals surface area contributed by atoms with Gasteiger partial charge in [-0.15, -0.1) is 0 Å².